The molecule has 0 unspecified atom stereocenters. The molecule has 0 aromatic rings. The van der Waals surface area contributed by atoms with Crippen molar-refractivity contribution in [3.63, 3.8) is 0 Å². The Hall–Kier alpha value is -1.96. The highest BCUT2D eigenvalue weighted by Crippen LogP contribution is 2.69. The van der Waals surface area contributed by atoms with Crippen LogP contribution in [0, 0.1) is 46.3 Å². The lowest BCUT2D eigenvalue weighted by molar-refractivity contribution is -0.224. The topological polar surface area (TPSA) is 105 Å². The molecule has 0 N–H and O–H groups in total. The minimum absolute atomic E-state index is 0.0106. The number of aldehydes is 1. The predicted octanol–water partition coefficient (Wildman–Crippen LogP) is 4.90. The highest BCUT2D eigenvalue weighted by molar-refractivity contribution is 5.69. The molecule has 39 heavy (non-hydrogen) atoms. The largest absolute Gasteiger partial charge is 0.469 e. The number of esters is 3. The maximum absolute atomic E-state index is 12.5. The molecule has 4 aliphatic rings. The van der Waals surface area contributed by atoms with E-state index >= 15 is 0 Å². The van der Waals surface area contributed by atoms with Crippen LogP contribution >= 0.6 is 0 Å². The maximum Gasteiger partial charge on any atom is 0.305 e. The first kappa shape index (κ1) is 30.0. The summed E-state index contributed by atoms with van der Waals surface area (Å²) in [6.45, 7) is 9.98. The molecule has 4 saturated carbocycles. The Labute approximate surface area is 233 Å². The van der Waals surface area contributed by atoms with Crippen molar-refractivity contribution in [2.24, 2.45) is 46.3 Å². The van der Waals surface area contributed by atoms with Crippen molar-refractivity contribution in [1.82, 2.24) is 0 Å². The van der Waals surface area contributed by atoms with Crippen LogP contribution in [0.25, 0.3) is 0 Å². The zero-order valence-electron chi connectivity index (χ0n) is 24.6. The van der Waals surface area contributed by atoms with E-state index in [0.29, 0.717) is 12.3 Å². The van der Waals surface area contributed by atoms with Gasteiger partial charge in [-0.2, -0.15) is 0 Å². The van der Waals surface area contributed by atoms with Crippen molar-refractivity contribution >= 4 is 24.2 Å². The summed E-state index contributed by atoms with van der Waals surface area (Å²) in [6, 6.07) is 0. The average Bonchev–Trinajstić information content (AvgIpc) is 3.24. The van der Waals surface area contributed by atoms with E-state index in [1.807, 2.05) is 0 Å². The van der Waals surface area contributed by atoms with Gasteiger partial charge in [-0.3, -0.25) is 14.4 Å². The van der Waals surface area contributed by atoms with E-state index in [0.717, 1.165) is 57.7 Å². The van der Waals surface area contributed by atoms with Gasteiger partial charge in [0.25, 0.3) is 0 Å². The van der Waals surface area contributed by atoms with Gasteiger partial charge in [-0.15, -0.1) is 0 Å². The van der Waals surface area contributed by atoms with E-state index < -0.39 is 0 Å². The molecule has 8 nitrogen and oxygen atoms in total. The summed E-state index contributed by atoms with van der Waals surface area (Å²) in [5.74, 6) is 0.825. The molecule has 0 spiro atoms. The Morgan fingerprint density at radius 1 is 0.974 bits per heavy atom. The Morgan fingerprint density at radius 2 is 1.69 bits per heavy atom. The Morgan fingerprint density at radius 3 is 2.33 bits per heavy atom. The van der Waals surface area contributed by atoms with Gasteiger partial charge in [0, 0.05) is 31.6 Å². The number of methoxy groups -OCH3 is 1. The third-order valence-corrected chi connectivity index (χ3v) is 11.5. The lowest BCUT2D eigenvalue weighted by Gasteiger charge is -2.64. The summed E-state index contributed by atoms with van der Waals surface area (Å²) in [5, 5.41) is 0. The average molecular weight is 549 g/mol. The smallest absolute Gasteiger partial charge is 0.305 e. The highest BCUT2D eigenvalue weighted by atomic mass is 16.5. The number of fused-ring (bicyclic) bond motifs is 5. The van der Waals surface area contributed by atoms with Gasteiger partial charge in [0.2, 0.25) is 0 Å². The standard InChI is InChI=1S/C31H48O8/c1-18(7-10-28(35)36-6)23-8-9-24-29-25(17-27(31(23,24)5)39-20(3)34)30(4)12-11-22(37-14-13-32)15-21(30)16-26(29)38-19(2)33/h13,18,21-27,29H,7-12,14-17H2,1-6H3/t18-,21+,22-,23-,24+,25+,26-,27+,29+,30+,31-/m1/s1. The molecule has 0 aromatic carbocycles. The summed E-state index contributed by atoms with van der Waals surface area (Å²) in [5.41, 5.74) is -0.259. The molecule has 220 valence electrons. The molecule has 4 aliphatic carbocycles. The van der Waals surface area contributed by atoms with E-state index in [1.165, 1.54) is 21.0 Å². The van der Waals surface area contributed by atoms with Gasteiger partial charge in [-0.1, -0.05) is 20.8 Å². The van der Waals surface area contributed by atoms with Crippen molar-refractivity contribution in [3.05, 3.63) is 0 Å². The third-order valence-electron chi connectivity index (χ3n) is 11.5. The van der Waals surface area contributed by atoms with Crippen LogP contribution in [0.4, 0.5) is 0 Å². The van der Waals surface area contributed by atoms with E-state index in [-0.39, 0.29) is 83.2 Å². The van der Waals surface area contributed by atoms with Crippen molar-refractivity contribution in [1.29, 1.82) is 0 Å². The number of hydrogen-bond donors (Lipinski definition) is 0. The zero-order valence-corrected chi connectivity index (χ0v) is 24.6. The number of carbonyl (C=O) groups is 4. The minimum atomic E-state index is -0.270. The molecule has 11 atom stereocenters. The lowest BCUT2D eigenvalue weighted by Crippen LogP contribution is -2.63. The van der Waals surface area contributed by atoms with Crippen LogP contribution in [0.2, 0.25) is 0 Å². The van der Waals surface area contributed by atoms with Crippen LogP contribution in [-0.4, -0.2) is 56.2 Å². The molecule has 0 aromatic heterocycles. The summed E-state index contributed by atoms with van der Waals surface area (Å²) in [4.78, 5) is 47.7. The molecule has 0 amide bonds. The number of carbonyl (C=O) groups excluding carboxylic acids is 4. The van der Waals surface area contributed by atoms with E-state index in [4.69, 9.17) is 18.9 Å². The summed E-state index contributed by atoms with van der Waals surface area (Å²) in [6.07, 6.45) is 7.79. The number of ether oxygens (including phenoxy) is 4. The SMILES string of the molecule is COC(=O)CC[C@@H](C)[C@H]1CC[C@H]2[C@@H]3[C@H](OC(C)=O)C[C@@H]4C[C@H](OCC=O)CC[C@]4(C)[C@H]3C[C@H](OC(C)=O)[C@]12C. The number of hydrogen-bond acceptors (Lipinski definition) is 8. The van der Waals surface area contributed by atoms with Crippen LogP contribution in [0.15, 0.2) is 0 Å². The van der Waals surface area contributed by atoms with E-state index in [2.05, 4.69) is 20.8 Å². The minimum Gasteiger partial charge on any atom is -0.469 e. The second kappa shape index (κ2) is 11.9. The normalized spacial score (nSPS) is 41.8. The third kappa shape index (κ3) is 5.64. The fraction of sp³-hybridized carbons (Fsp3) is 0.871. The molecule has 0 bridgehead atoms. The molecule has 0 aliphatic heterocycles. The molecule has 0 heterocycles. The van der Waals surface area contributed by atoms with Gasteiger partial charge < -0.3 is 23.7 Å². The number of rotatable bonds is 9. The van der Waals surface area contributed by atoms with Crippen molar-refractivity contribution in [2.75, 3.05) is 13.7 Å². The van der Waals surface area contributed by atoms with Gasteiger partial charge in [-0.05, 0) is 86.4 Å². The zero-order chi connectivity index (χ0) is 28.5. The molecule has 8 heteroatoms. The van der Waals surface area contributed by atoms with E-state index in [9.17, 15) is 19.2 Å². The maximum atomic E-state index is 12.5. The van der Waals surface area contributed by atoms with Crippen LogP contribution in [-0.2, 0) is 38.1 Å². The lowest BCUT2D eigenvalue weighted by atomic mass is 9.43. The second-order valence-corrected chi connectivity index (χ2v) is 13.2. The van der Waals surface area contributed by atoms with Crippen LogP contribution < -0.4 is 0 Å². The van der Waals surface area contributed by atoms with Gasteiger partial charge in [0.15, 0.2) is 0 Å². The van der Waals surface area contributed by atoms with Gasteiger partial charge in [0.05, 0.1) is 13.2 Å². The quantitative estimate of drug-likeness (QED) is 0.228. The van der Waals surface area contributed by atoms with Gasteiger partial charge >= 0.3 is 17.9 Å². The molecular weight excluding hydrogens is 500 g/mol. The van der Waals surface area contributed by atoms with Crippen LogP contribution in [0.5, 0.6) is 0 Å². The summed E-state index contributed by atoms with van der Waals surface area (Å²) >= 11 is 0. The predicted molar refractivity (Wildman–Crippen MR) is 143 cm³/mol. The Bertz CT molecular complexity index is 934. The molecule has 0 radical (unpaired) electrons. The van der Waals surface area contributed by atoms with Crippen LogP contribution in [0.3, 0.4) is 0 Å². The molecular formula is C31H48O8. The molecule has 0 saturated heterocycles. The Balaban J connectivity index is 1.68. The molecule has 4 fully saturated rings. The monoisotopic (exact) mass is 548 g/mol. The fourth-order valence-corrected chi connectivity index (χ4v) is 9.75. The highest BCUT2D eigenvalue weighted by Gasteiger charge is 2.67. The van der Waals surface area contributed by atoms with Gasteiger partial charge in [-0.25, -0.2) is 0 Å². The first-order valence-corrected chi connectivity index (χ1v) is 14.9. The second-order valence-electron chi connectivity index (χ2n) is 13.2. The first-order valence-electron chi connectivity index (χ1n) is 14.9. The Kier molecular flexibility index (Phi) is 9.14. The van der Waals surface area contributed by atoms with E-state index in [1.54, 1.807) is 0 Å². The first-order chi connectivity index (χ1) is 18.4. The van der Waals surface area contributed by atoms with Crippen molar-refractivity contribution < 1.29 is 38.1 Å². The molecule has 4 rings (SSSR count). The van der Waals surface area contributed by atoms with Crippen molar-refractivity contribution in [2.45, 2.75) is 111 Å². The summed E-state index contributed by atoms with van der Waals surface area (Å²) in [7, 11) is 1.42. The summed E-state index contributed by atoms with van der Waals surface area (Å²) < 4.78 is 23.1. The van der Waals surface area contributed by atoms with Gasteiger partial charge in [0.1, 0.15) is 25.1 Å². The fourth-order valence-electron chi connectivity index (χ4n) is 9.75. The van der Waals surface area contributed by atoms with Crippen LogP contribution in [0.1, 0.15) is 92.4 Å². The van der Waals surface area contributed by atoms with Crippen molar-refractivity contribution in [3.8, 4) is 0 Å².